The fourth-order valence-electron chi connectivity index (χ4n) is 1.86. The predicted molar refractivity (Wildman–Crippen MR) is 99.7 cm³/mol. The Morgan fingerprint density at radius 3 is 2.90 bits per heavy atom. The minimum Gasteiger partial charge on any atom is -0.356 e. The molecule has 0 amide bonds. The van der Waals surface area contributed by atoms with E-state index < -0.39 is 0 Å². The monoisotopic (exact) mass is 419 g/mol. The fourth-order valence-corrected chi connectivity index (χ4v) is 2.65. The Hall–Kier alpha value is -1.09. The highest BCUT2D eigenvalue weighted by molar-refractivity contribution is 14.0. The van der Waals surface area contributed by atoms with Gasteiger partial charge in [-0.3, -0.25) is 9.67 Å². The summed E-state index contributed by atoms with van der Waals surface area (Å²) in [5, 5.41) is 12.9. The zero-order chi connectivity index (χ0) is 14.2. The van der Waals surface area contributed by atoms with Gasteiger partial charge in [0.1, 0.15) is 0 Å². The van der Waals surface area contributed by atoms with Gasteiger partial charge in [-0.25, -0.2) is 0 Å². The van der Waals surface area contributed by atoms with E-state index in [0.29, 0.717) is 5.92 Å². The van der Waals surface area contributed by atoms with Crippen LogP contribution in [0.3, 0.4) is 0 Å². The van der Waals surface area contributed by atoms with Gasteiger partial charge in [-0.05, 0) is 17.5 Å². The SMILES string of the molecule is CN=C(NCCn1cccn1)NCC(C)c1cccs1.I. The van der Waals surface area contributed by atoms with Crippen LogP contribution in [0.4, 0.5) is 0 Å². The van der Waals surface area contributed by atoms with Crippen LogP contribution < -0.4 is 10.6 Å². The van der Waals surface area contributed by atoms with Crippen molar-refractivity contribution in [2.75, 3.05) is 20.1 Å². The van der Waals surface area contributed by atoms with E-state index in [0.717, 1.165) is 25.6 Å². The molecule has 0 aliphatic carbocycles. The fraction of sp³-hybridized carbons (Fsp3) is 0.429. The van der Waals surface area contributed by atoms with E-state index in [1.165, 1.54) is 4.88 Å². The second kappa shape index (κ2) is 9.78. The lowest BCUT2D eigenvalue weighted by molar-refractivity contribution is 0.595. The summed E-state index contributed by atoms with van der Waals surface area (Å²) >= 11 is 1.79. The highest BCUT2D eigenvalue weighted by Gasteiger charge is 2.07. The molecule has 0 bridgehead atoms. The molecule has 0 aromatic carbocycles. The molecule has 2 N–H and O–H groups in total. The molecule has 0 saturated heterocycles. The van der Waals surface area contributed by atoms with Crippen LogP contribution in [-0.4, -0.2) is 35.9 Å². The second-order valence-corrected chi connectivity index (χ2v) is 5.54. The van der Waals surface area contributed by atoms with Crippen molar-refractivity contribution in [2.45, 2.75) is 19.4 Å². The molecule has 0 radical (unpaired) electrons. The summed E-state index contributed by atoms with van der Waals surface area (Å²) in [5.41, 5.74) is 0. The van der Waals surface area contributed by atoms with E-state index >= 15 is 0 Å². The number of rotatable bonds is 6. The van der Waals surface area contributed by atoms with Gasteiger partial charge < -0.3 is 10.6 Å². The molecule has 7 heteroatoms. The Balaban J connectivity index is 0.00000220. The summed E-state index contributed by atoms with van der Waals surface area (Å²) in [6, 6.07) is 6.19. The summed E-state index contributed by atoms with van der Waals surface area (Å²) in [4.78, 5) is 5.62. The van der Waals surface area contributed by atoms with Gasteiger partial charge in [0.05, 0.1) is 6.54 Å². The third-order valence-corrected chi connectivity index (χ3v) is 4.12. The molecule has 5 nitrogen and oxygen atoms in total. The summed E-state index contributed by atoms with van der Waals surface area (Å²) in [7, 11) is 1.79. The van der Waals surface area contributed by atoms with Crippen LogP contribution >= 0.6 is 35.3 Å². The minimum absolute atomic E-state index is 0. The number of nitrogens with zero attached hydrogens (tertiary/aromatic N) is 3. The molecule has 116 valence electrons. The molecule has 0 spiro atoms. The van der Waals surface area contributed by atoms with Crippen LogP contribution in [0.25, 0.3) is 0 Å². The van der Waals surface area contributed by atoms with Crippen LogP contribution in [0.5, 0.6) is 0 Å². The number of hydrogen-bond donors (Lipinski definition) is 2. The van der Waals surface area contributed by atoms with Crippen molar-refractivity contribution in [3.63, 3.8) is 0 Å². The van der Waals surface area contributed by atoms with Crippen LogP contribution in [0.2, 0.25) is 0 Å². The quantitative estimate of drug-likeness (QED) is 0.430. The molecule has 0 saturated carbocycles. The largest absolute Gasteiger partial charge is 0.356 e. The molecular formula is C14H22IN5S. The number of aromatic nitrogens is 2. The molecule has 0 aliphatic heterocycles. The zero-order valence-corrected chi connectivity index (χ0v) is 15.5. The Kier molecular flexibility index (Phi) is 8.36. The molecule has 2 rings (SSSR count). The van der Waals surface area contributed by atoms with Crippen molar-refractivity contribution < 1.29 is 0 Å². The van der Waals surface area contributed by atoms with Crippen molar-refractivity contribution in [1.29, 1.82) is 0 Å². The maximum Gasteiger partial charge on any atom is 0.191 e. The van der Waals surface area contributed by atoms with Gasteiger partial charge in [-0.15, -0.1) is 35.3 Å². The van der Waals surface area contributed by atoms with Gasteiger partial charge >= 0.3 is 0 Å². The Morgan fingerprint density at radius 2 is 2.29 bits per heavy atom. The van der Waals surface area contributed by atoms with E-state index in [1.807, 2.05) is 16.9 Å². The number of guanidine groups is 1. The maximum absolute atomic E-state index is 4.23. The summed E-state index contributed by atoms with van der Waals surface area (Å²) in [6.07, 6.45) is 3.74. The lowest BCUT2D eigenvalue weighted by Gasteiger charge is -2.15. The molecule has 21 heavy (non-hydrogen) atoms. The number of hydrogen-bond acceptors (Lipinski definition) is 3. The normalized spacial score (nSPS) is 12.6. The number of halogens is 1. The van der Waals surface area contributed by atoms with Crippen molar-refractivity contribution >= 4 is 41.3 Å². The van der Waals surface area contributed by atoms with Crippen LogP contribution in [0, 0.1) is 0 Å². The third kappa shape index (κ3) is 6.04. The predicted octanol–water partition coefficient (Wildman–Crippen LogP) is 2.53. The van der Waals surface area contributed by atoms with Crippen molar-refractivity contribution in [3.05, 3.63) is 40.8 Å². The second-order valence-electron chi connectivity index (χ2n) is 4.57. The Morgan fingerprint density at radius 1 is 1.43 bits per heavy atom. The minimum atomic E-state index is 0. The van der Waals surface area contributed by atoms with E-state index in [-0.39, 0.29) is 24.0 Å². The summed E-state index contributed by atoms with van der Waals surface area (Å²) in [5.74, 6) is 1.32. The standard InChI is InChI=1S/C14H21N5S.HI/c1-12(13-5-3-10-20-13)11-17-14(15-2)16-7-9-19-8-4-6-18-19;/h3-6,8,10,12H,7,9,11H2,1-2H3,(H2,15,16,17);1H. The highest BCUT2D eigenvalue weighted by Crippen LogP contribution is 2.19. The molecule has 2 aromatic rings. The molecule has 0 aliphatic rings. The first kappa shape index (κ1) is 18.0. The van der Waals surface area contributed by atoms with Gasteiger partial charge in [0.25, 0.3) is 0 Å². The van der Waals surface area contributed by atoms with Crippen LogP contribution in [-0.2, 0) is 6.54 Å². The zero-order valence-electron chi connectivity index (χ0n) is 12.3. The molecule has 1 unspecified atom stereocenters. The van der Waals surface area contributed by atoms with Gasteiger partial charge in [0, 0.05) is 43.3 Å². The average Bonchev–Trinajstić information content (AvgIpc) is 3.14. The van der Waals surface area contributed by atoms with E-state index in [9.17, 15) is 0 Å². The van der Waals surface area contributed by atoms with Crippen LogP contribution in [0.1, 0.15) is 17.7 Å². The number of aliphatic imine (C=N–C) groups is 1. The van der Waals surface area contributed by atoms with Gasteiger partial charge in [0.2, 0.25) is 0 Å². The molecule has 1 atom stereocenters. The van der Waals surface area contributed by atoms with E-state index in [2.05, 4.69) is 45.2 Å². The summed E-state index contributed by atoms with van der Waals surface area (Å²) in [6.45, 7) is 4.72. The van der Waals surface area contributed by atoms with E-state index in [4.69, 9.17) is 0 Å². The average molecular weight is 419 g/mol. The van der Waals surface area contributed by atoms with Crippen LogP contribution in [0.15, 0.2) is 41.0 Å². The van der Waals surface area contributed by atoms with Gasteiger partial charge in [-0.2, -0.15) is 5.10 Å². The number of thiophene rings is 1. The Labute approximate surface area is 146 Å². The number of nitrogens with one attached hydrogen (secondary N) is 2. The van der Waals surface area contributed by atoms with Crippen molar-refractivity contribution in [1.82, 2.24) is 20.4 Å². The summed E-state index contributed by atoms with van der Waals surface area (Å²) < 4.78 is 1.90. The first-order valence-electron chi connectivity index (χ1n) is 6.75. The first-order valence-corrected chi connectivity index (χ1v) is 7.63. The lowest BCUT2D eigenvalue weighted by Crippen LogP contribution is -2.40. The topological polar surface area (TPSA) is 54.2 Å². The van der Waals surface area contributed by atoms with Crippen molar-refractivity contribution in [3.8, 4) is 0 Å². The molecular weight excluding hydrogens is 397 g/mol. The lowest BCUT2D eigenvalue weighted by atomic mass is 10.1. The Bertz CT molecular complexity index is 509. The molecule has 2 aromatic heterocycles. The van der Waals surface area contributed by atoms with Crippen molar-refractivity contribution in [2.24, 2.45) is 4.99 Å². The maximum atomic E-state index is 4.23. The van der Waals surface area contributed by atoms with Gasteiger partial charge in [-0.1, -0.05) is 13.0 Å². The molecule has 0 fully saturated rings. The third-order valence-electron chi connectivity index (χ3n) is 3.02. The molecule has 2 heterocycles. The first-order chi connectivity index (χ1) is 9.79. The van der Waals surface area contributed by atoms with E-state index in [1.54, 1.807) is 24.6 Å². The highest BCUT2D eigenvalue weighted by atomic mass is 127. The van der Waals surface area contributed by atoms with Gasteiger partial charge in [0.15, 0.2) is 5.96 Å². The smallest absolute Gasteiger partial charge is 0.191 e.